The molecular formula is C14H14ClN3O2S. The summed E-state index contributed by atoms with van der Waals surface area (Å²) in [5, 5.41) is 7.95. The quantitative estimate of drug-likeness (QED) is 0.887. The molecule has 0 aliphatic rings. The predicted molar refractivity (Wildman–Crippen MR) is 84.1 cm³/mol. The first-order chi connectivity index (χ1) is 10.1. The molecule has 1 heterocycles. The predicted octanol–water partition coefficient (Wildman–Crippen LogP) is 3.19. The highest BCUT2D eigenvalue weighted by atomic mass is 35.5. The standard InChI is InChI=1S/C14H14ClN3O2S/c1-2-7-16-13(20)11-8-21-14(17-11)18-12(19)9-3-5-10(15)6-4-9/h3-6,8H,2,7H2,1H3,(H,16,20)(H,17,18,19). The topological polar surface area (TPSA) is 71.1 Å². The van der Waals surface area contributed by atoms with E-state index in [-0.39, 0.29) is 11.8 Å². The molecule has 110 valence electrons. The van der Waals surface area contributed by atoms with Crippen LogP contribution >= 0.6 is 22.9 Å². The molecule has 21 heavy (non-hydrogen) atoms. The average molecular weight is 324 g/mol. The molecule has 0 spiro atoms. The Morgan fingerprint density at radius 1 is 1.24 bits per heavy atom. The van der Waals surface area contributed by atoms with Crippen LogP contribution in [0.15, 0.2) is 29.6 Å². The van der Waals surface area contributed by atoms with Crippen molar-refractivity contribution in [2.24, 2.45) is 0 Å². The zero-order valence-electron chi connectivity index (χ0n) is 11.4. The first kappa shape index (κ1) is 15.5. The molecule has 0 bridgehead atoms. The lowest BCUT2D eigenvalue weighted by Gasteiger charge is -2.02. The Balaban J connectivity index is 2.00. The number of carbonyl (C=O) groups is 2. The van der Waals surface area contributed by atoms with Gasteiger partial charge in [0.05, 0.1) is 0 Å². The van der Waals surface area contributed by atoms with Crippen molar-refractivity contribution in [2.75, 3.05) is 11.9 Å². The van der Waals surface area contributed by atoms with Gasteiger partial charge in [-0.2, -0.15) is 0 Å². The molecule has 2 N–H and O–H groups in total. The van der Waals surface area contributed by atoms with Crippen LogP contribution in [-0.2, 0) is 0 Å². The zero-order valence-corrected chi connectivity index (χ0v) is 12.9. The van der Waals surface area contributed by atoms with Crippen LogP contribution in [0.5, 0.6) is 0 Å². The Hall–Kier alpha value is -1.92. The van der Waals surface area contributed by atoms with Crippen molar-refractivity contribution >= 4 is 39.9 Å². The van der Waals surface area contributed by atoms with Crippen molar-refractivity contribution in [2.45, 2.75) is 13.3 Å². The fraction of sp³-hybridized carbons (Fsp3) is 0.214. The van der Waals surface area contributed by atoms with E-state index in [4.69, 9.17) is 11.6 Å². The van der Waals surface area contributed by atoms with Crippen molar-refractivity contribution in [1.29, 1.82) is 0 Å². The summed E-state index contributed by atoms with van der Waals surface area (Å²) < 4.78 is 0. The SMILES string of the molecule is CCCNC(=O)c1csc(NC(=O)c2ccc(Cl)cc2)n1. The Kier molecular flexibility index (Phi) is 5.30. The number of nitrogens with one attached hydrogen (secondary N) is 2. The van der Waals surface area contributed by atoms with Gasteiger partial charge >= 0.3 is 0 Å². The van der Waals surface area contributed by atoms with E-state index in [1.54, 1.807) is 29.6 Å². The van der Waals surface area contributed by atoms with Gasteiger partial charge in [-0.15, -0.1) is 11.3 Å². The summed E-state index contributed by atoms with van der Waals surface area (Å²) in [6.07, 6.45) is 0.857. The highest BCUT2D eigenvalue weighted by Crippen LogP contribution is 2.17. The third-order valence-electron chi connectivity index (χ3n) is 2.60. The lowest BCUT2D eigenvalue weighted by Crippen LogP contribution is -2.24. The lowest BCUT2D eigenvalue weighted by atomic mass is 10.2. The minimum Gasteiger partial charge on any atom is -0.351 e. The normalized spacial score (nSPS) is 10.2. The van der Waals surface area contributed by atoms with E-state index in [0.29, 0.717) is 28.0 Å². The number of benzene rings is 1. The van der Waals surface area contributed by atoms with E-state index in [0.717, 1.165) is 6.42 Å². The van der Waals surface area contributed by atoms with Gasteiger partial charge in [0.25, 0.3) is 11.8 Å². The Labute approximate surface area is 131 Å². The number of thiazole rings is 1. The smallest absolute Gasteiger partial charge is 0.270 e. The summed E-state index contributed by atoms with van der Waals surface area (Å²) in [5.41, 5.74) is 0.784. The van der Waals surface area contributed by atoms with Gasteiger partial charge in [-0.1, -0.05) is 18.5 Å². The van der Waals surface area contributed by atoms with E-state index < -0.39 is 0 Å². The van der Waals surface area contributed by atoms with Gasteiger partial charge in [0.1, 0.15) is 5.69 Å². The van der Waals surface area contributed by atoms with Gasteiger partial charge < -0.3 is 5.32 Å². The minimum atomic E-state index is -0.290. The molecule has 2 amide bonds. The van der Waals surface area contributed by atoms with Crippen molar-refractivity contribution < 1.29 is 9.59 Å². The van der Waals surface area contributed by atoms with Crippen molar-refractivity contribution in [3.05, 3.63) is 45.9 Å². The zero-order chi connectivity index (χ0) is 15.2. The van der Waals surface area contributed by atoms with Gasteiger partial charge in [-0.3, -0.25) is 14.9 Å². The van der Waals surface area contributed by atoms with Crippen LogP contribution in [0.4, 0.5) is 5.13 Å². The second-order valence-electron chi connectivity index (χ2n) is 4.25. The van der Waals surface area contributed by atoms with Crippen LogP contribution in [0.2, 0.25) is 5.02 Å². The summed E-state index contributed by atoms with van der Waals surface area (Å²) in [5.74, 6) is -0.526. The van der Waals surface area contributed by atoms with Crippen LogP contribution in [0.1, 0.15) is 34.2 Å². The molecule has 0 unspecified atom stereocenters. The van der Waals surface area contributed by atoms with Crippen molar-refractivity contribution in [1.82, 2.24) is 10.3 Å². The molecule has 7 heteroatoms. The fourth-order valence-electron chi connectivity index (χ4n) is 1.54. The molecule has 5 nitrogen and oxygen atoms in total. The summed E-state index contributed by atoms with van der Waals surface area (Å²) >= 11 is 6.98. The van der Waals surface area contributed by atoms with Crippen LogP contribution < -0.4 is 10.6 Å². The second-order valence-corrected chi connectivity index (χ2v) is 5.55. The number of halogens is 1. The first-order valence-electron chi connectivity index (χ1n) is 6.40. The van der Waals surface area contributed by atoms with Crippen LogP contribution in [-0.4, -0.2) is 23.3 Å². The molecule has 2 aromatic rings. The molecule has 0 aliphatic carbocycles. The number of rotatable bonds is 5. The molecule has 2 rings (SSSR count). The molecule has 0 saturated heterocycles. The molecule has 0 radical (unpaired) electrons. The van der Waals surface area contributed by atoms with E-state index in [1.807, 2.05) is 6.92 Å². The van der Waals surface area contributed by atoms with E-state index in [9.17, 15) is 9.59 Å². The second kappa shape index (κ2) is 7.19. The van der Waals surface area contributed by atoms with E-state index in [2.05, 4.69) is 15.6 Å². The molecule has 0 saturated carbocycles. The van der Waals surface area contributed by atoms with Crippen molar-refractivity contribution in [3.63, 3.8) is 0 Å². The Morgan fingerprint density at radius 3 is 2.62 bits per heavy atom. The number of nitrogens with zero attached hydrogens (tertiary/aromatic N) is 1. The fourth-order valence-corrected chi connectivity index (χ4v) is 2.35. The summed E-state index contributed by atoms with van der Waals surface area (Å²) in [4.78, 5) is 27.8. The Bertz CT molecular complexity index is 640. The number of anilines is 1. The van der Waals surface area contributed by atoms with Gasteiger partial charge in [0.2, 0.25) is 0 Å². The molecule has 0 atom stereocenters. The molecule has 0 aliphatic heterocycles. The monoisotopic (exact) mass is 323 g/mol. The highest BCUT2D eigenvalue weighted by Gasteiger charge is 2.12. The summed E-state index contributed by atoms with van der Waals surface area (Å²) in [7, 11) is 0. The van der Waals surface area contributed by atoms with Crippen LogP contribution in [0, 0.1) is 0 Å². The first-order valence-corrected chi connectivity index (χ1v) is 7.66. The maximum Gasteiger partial charge on any atom is 0.270 e. The number of hydrogen-bond donors (Lipinski definition) is 2. The largest absolute Gasteiger partial charge is 0.351 e. The maximum absolute atomic E-state index is 12.0. The van der Waals surface area contributed by atoms with Gasteiger partial charge in [0, 0.05) is 22.5 Å². The molecule has 1 aromatic carbocycles. The number of aromatic nitrogens is 1. The average Bonchev–Trinajstić information content (AvgIpc) is 2.94. The van der Waals surface area contributed by atoms with Gasteiger partial charge in [0.15, 0.2) is 5.13 Å². The molecule has 0 fully saturated rings. The third-order valence-corrected chi connectivity index (χ3v) is 3.61. The van der Waals surface area contributed by atoms with Crippen molar-refractivity contribution in [3.8, 4) is 0 Å². The summed E-state index contributed by atoms with van der Waals surface area (Å²) in [6.45, 7) is 2.57. The molecular weight excluding hydrogens is 310 g/mol. The highest BCUT2D eigenvalue weighted by molar-refractivity contribution is 7.14. The van der Waals surface area contributed by atoms with E-state index >= 15 is 0 Å². The Morgan fingerprint density at radius 2 is 1.95 bits per heavy atom. The van der Waals surface area contributed by atoms with Gasteiger partial charge in [-0.05, 0) is 30.7 Å². The maximum atomic E-state index is 12.0. The number of hydrogen-bond acceptors (Lipinski definition) is 4. The molecule has 1 aromatic heterocycles. The number of amides is 2. The third kappa shape index (κ3) is 4.27. The minimum absolute atomic E-state index is 0.236. The van der Waals surface area contributed by atoms with Crippen LogP contribution in [0.25, 0.3) is 0 Å². The van der Waals surface area contributed by atoms with Gasteiger partial charge in [-0.25, -0.2) is 4.98 Å². The van der Waals surface area contributed by atoms with Crippen LogP contribution in [0.3, 0.4) is 0 Å². The van der Waals surface area contributed by atoms with E-state index in [1.165, 1.54) is 11.3 Å². The lowest BCUT2D eigenvalue weighted by molar-refractivity contribution is 0.0948. The summed E-state index contributed by atoms with van der Waals surface area (Å²) in [6, 6.07) is 6.53. The number of carbonyl (C=O) groups excluding carboxylic acids is 2.